The van der Waals surface area contributed by atoms with E-state index in [2.05, 4.69) is 39.5 Å². The van der Waals surface area contributed by atoms with Gasteiger partial charge < -0.3 is 16.4 Å². The van der Waals surface area contributed by atoms with Crippen LogP contribution in [0.2, 0.25) is 0 Å². The summed E-state index contributed by atoms with van der Waals surface area (Å²) in [5.74, 6) is 2.07. The van der Waals surface area contributed by atoms with Gasteiger partial charge in [0.15, 0.2) is 5.65 Å². The molecule has 1 aliphatic rings. The maximum atomic E-state index is 6.29. The Bertz CT molecular complexity index is 932. The van der Waals surface area contributed by atoms with Crippen LogP contribution in [-0.4, -0.2) is 32.8 Å². The molecule has 4 rings (SSSR count). The van der Waals surface area contributed by atoms with Crippen molar-refractivity contribution in [2.75, 3.05) is 23.7 Å². The number of fused-ring (bicyclic) bond motifs is 1. The van der Waals surface area contributed by atoms with Crippen LogP contribution in [0, 0.1) is 11.3 Å². The molecule has 3 aromatic rings. The van der Waals surface area contributed by atoms with Gasteiger partial charge in [-0.1, -0.05) is 44.2 Å². The van der Waals surface area contributed by atoms with Crippen molar-refractivity contribution >= 4 is 22.8 Å². The second kappa shape index (κ2) is 6.81. The number of rotatable bonds is 7. The largest absolute Gasteiger partial charge is 0.369 e. The molecule has 1 aromatic carbocycles. The van der Waals surface area contributed by atoms with E-state index < -0.39 is 0 Å². The summed E-state index contributed by atoms with van der Waals surface area (Å²) < 4.78 is 1.77. The lowest BCUT2D eigenvalue weighted by molar-refractivity contribution is 0.573. The lowest BCUT2D eigenvalue weighted by atomic mass is 10.1. The summed E-state index contributed by atoms with van der Waals surface area (Å²) in [6.45, 7) is 6.08. The number of nitrogens with one attached hydrogen (secondary N) is 2. The fourth-order valence-corrected chi connectivity index (χ4v) is 3.40. The van der Waals surface area contributed by atoms with E-state index in [0.717, 1.165) is 29.0 Å². The Kier molecular flexibility index (Phi) is 4.47. The molecule has 1 saturated carbocycles. The summed E-state index contributed by atoms with van der Waals surface area (Å²) in [7, 11) is 1.89. The highest BCUT2D eigenvalue weighted by molar-refractivity contribution is 5.87. The van der Waals surface area contributed by atoms with Crippen LogP contribution in [0.25, 0.3) is 11.0 Å². The van der Waals surface area contributed by atoms with Gasteiger partial charge in [0.05, 0.1) is 11.6 Å². The Morgan fingerprint density at radius 2 is 1.96 bits per heavy atom. The molecule has 4 N–H and O–H groups in total. The van der Waals surface area contributed by atoms with E-state index in [4.69, 9.17) is 5.73 Å². The third kappa shape index (κ3) is 3.73. The molecule has 27 heavy (non-hydrogen) atoms. The summed E-state index contributed by atoms with van der Waals surface area (Å²) in [5, 5.41) is 12.1. The van der Waals surface area contributed by atoms with Crippen molar-refractivity contribution in [2.45, 2.75) is 26.3 Å². The number of nitrogens with two attached hydrogens (primary N) is 1. The standard InChI is InChI=1S/C20H27N7/c1-20(2)9-14(20)10-22-17-15-11-24-27(3)18(15)26-19(25-17)23-12-16(21)13-7-5-4-6-8-13/h4-8,11,14,16H,9-10,12,21H2,1-3H3,(H2,22,23,25,26)/t14?,16-/m0/s1. The Morgan fingerprint density at radius 1 is 1.22 bits per heavy atom. The van der Waals surface area contributed by atoms with Crippen molar-refractivity contribution < 1.29 is 0 Å². The van der Waals surface area contributed by atoms with E-state index in [1.165, 1.54) is 6.42 Å². The number of hydrogen-bond acceptors (Lipinski definition) is 6. The number of anilines is 2. The molecule has 0 spiro atoms. The Labute approximate surface area is 159 Å². The Morgan fingerprint density at radius 3 is 2.67 bits per heavy atom. The van der Waals surface area contributed by atoms with Gasteiger partial charge in [0.25, 0.3) is 0 Å². The van der Waals surface area contributed by atoms with Gasteiger partial charge in [0.1, 0.15) is 5.82 Å². The highest BCUT2D eigenvalue weighted by Crippen LogP contribution is 2.51. The first-order chi connectivity index (χ1) is 12.9. The molecule has 142 valence electrons. The van der Waals surface area contributed by atoms with Crippen LogP contribution >= 0.6 is 0 Å². The number of aromatic nitrogens is 4. The maximum absolute atomic E-state index is 6.29. The molecule has 2 aromatic heterocycles. The van der Waals surface area contributed by atoms with Gasteiger partial charge in [-0.3, -0.25) is 4.68 Å². The maximum Gasteiger partial charge on any atom is 0.226 e. The zero-order valence-electron chi connectivity index (χ0n) is 16.1. The molecule has 2 heterocycles. The average Bonchev–Trinajstić information content (AvgIpc) is 3.11. The van der Waals surface area contributed by atoms with Crippen LogP contribution in [0.4, 0.5) is 11.8 Å². The van der Waals surface area contributed by atoms with Crippen molar-refractivity contribution in [1.29, 1.82) is 0 Å². The van der Waals surface area contributed by atoms with Crippen LogP contribution < -0.4 is 16.4 Å². The number of hydrogen-bond donors (Lipinski definition) is 3. The molecular formula is C20H27N7. The minimum absolute atomic E-state index is 0.124. The lowest BCUT2D eigenvalue weighted by Crippen LogP contribution is -2.21. The Hall–Kier alpha value is -2.67. The summed E-state index contributed by atoms with van der Waals surface area (Å²) >= 11 is 0. The van der Waals surface area contributed by atoms with Crippen LogP contribution in [0.1, 0.15) is 31.9 Å². The van der Waals surface area contributed by atoms with E-state index in [1.54, 1.807) is 4.68 Å². The first kappa shape index (κ1) is 17.7. The summed E-state index contributed by atoms with van der Waals surface area (Å²) in [6, 6.07) is 9.91. The molecule has 0 radical (unpaired) electrons. The smallest absolute Gasteiger partial charge is 0.226 e. The minimum Gasteiger partial charge on any atom is -0.369 e. The van der Waals surface area contributed by atoms with Gasteiger partial charge in [-0.05, 0) is 23.3 Å². The van der Waals surface area contributed by atoms with Crippen LogP contribution in [0.5, 0.6) is 0 Å². The second-order valence-corrected chi connectivity index (χ2v) is 8.07. The van der Waals surface area contributed by atoms with Gasteiger partial charge in [0.2, 0.25) is 5.95 Å². The van der Waals surface area contributed by atoms with E-state index >= 15 is 0 Å². The highest BCUT2D eigenvalue weighted by Gasteiger charge is 2.45. The van der Waals surface area contributed by atoms with Gasteiger partial charge >= 0.3 is 0 Å². The third-order valence-electron chi connectivity index (χ3n) is 5.53. The third-order valence-corrected chi connectivity index (χ3v) is 5.53. The van der Waals surface area contributed by atoms with Gasteiger partial charge in [0, 0.05) is 26.2 Å². The Balaban J connectivity index is 1.51. The first-order valence-electron chi connectivity index (χ1n) is 9.42. The fourth-order valence-electron chi connectivity index (χ4n) is 3.40. The molecule has 1 fully saturated rings. The summed E-state index contributed by atoms with van der Waals surface area (Å²) in [5.41, 5.74) is 8.61. The highest BCUT2D eigenvalue weighted by atomic mass is 15.3. The van der Waals surface area contributed by atoms with Gasteiger partial charge in [-0.25, -0.2) is 0 Å². The summed E-state index contributed by atoms with van der Waals surface area (Å²) in [4.78, 5) is 9.30. The van der Waals surface area contributed by atoms with Gasteiger partial charge in [-0.15, -0.1) is 0 Å². The number of nitrogens with zero attached hydrogens (tertiary/aromatic N) is 4. The summed E-state index contributed by atoms with van der Waals surface area (Å²) in [6.07, 6.45) is 3.06. The predicted molar refractivity (Wildman–Crippen MR) is 109 cm³/mol. The molecule has 0 bridgehead atoms. The SMILES string of the molecule is Cn1ncc2c(NCC3CC3(C)C)nc(NC[C@H](N)c3ccccc3)nc21. The lowest BCUT2D eigenvalue weighted by Gasteiger charge is -2.14. The van der Waals surface area contributed by atoms with E-state index in [0.29, 0.717) is 23.8 Å². The predicted octanol–water partition coefficient (Wildman–Crippen LogP) is 2.93. The van der Waals surface area contributed by atoms with Crippen molar-refractivity contribution in [1.82, 2.24) is 19.7 Å². The minimum atomic E-state index is -0.124. The molecule has 0 amide bonds. The number of aryl methyl sites for hydroxylation is 1. The molecule has 0 aliphatic heterocycles. The quantitative estimate of drug-likeness (QED) is 0.596. The van der Waals surface area contributed by atoms with Crippen molar-refractivity contribution in [3.8, 4) is 0 Å². The molecule has 0 saturated heterocycles. The van der Waals surface area contributed by atoms with Gasteiger partial charge in [-0.2, -0.15) is 15.1 Å². The van der Waals surface area contributed by atoms with Crippen LogP contribution in [-0.2, 0) is 7.05 Å². The normalized spacial score (nSPS) is 19.0. The molecule has 7 nitrogen and oxygen atoms in total. The monoisotopic (exact) mass is 365 g/mol. The second-order valence-electron chi connectivity index (χ2n) is 8.07. The topological polar surface area (TPSA) is 93.7 Å². The molecule has 1 aliphatic carbocycles. The first-order valence-corrected chi connectivity index (χ1v) is 9.42. The molecule has 7 heteroatoms. The number of benzene rings is 1. The van der Waals surface area contributed by atoms with E-state index in [1.807, 2.05) is 43.6 Å². The molecular weight excluding hydrogens is 338 g/mol. The average molecular weight is 365 g/mol. The van der Waals surface area contributed by atoms with E-state index in [-0.39, 0.29) is 6.04 Å². The van der Waals surface area contributed by atoms with Crippen molar-refractivity contribution in [3.63, 3.8) is 0 Å². The zero-order valence-corrected chi connectivity index (χ0v) is 16.1. The van der Waals surface area contributed by atoms with Crippen LogP contribution in [0.15, 0.2) is 36.5 Å². The molecule has 1 unspecified atom stereocenters. The van der Waals surface area contributed by atoms with Crippen molar-refractivity contribution in [2.24, 2.45) is 24.1 Å². The van der Waals surface area contributed by atoms with Crippen LogP contribution in [0.3, 0.4) is 0 Å². The fraction of sp³-hybridized carbons (Fsp3) is 0.450. The van der Waals surface area contributed by atoms with E-state index in [9.17, 15) is 0 Å². The zero-order chi connectivity index (χ0) is 19.0. The van der Waals surface area contributed by atoms with Crippen molar-refractivity contribution in [3.05, 3.63) is 42.1 Å². The molecule has 2 atom stereocenters.